The molecule has 4 heteroatoms. The summed E-state index contributed by atoms with van der Waals surface area (Å²) in [4.78, 5) is 10.8. The Morgan fingerprint density at radius 3 is 2.86 bits per heavy atom. The molecule has 1 N–H and O–H groups in total. The normalized spacial score (nSPS) is 16.4. The van der Waals surface area contributed by atoms with Gasteiger partial charge in [-0.2, -0.15) is 0 Å². The average molecular weight is 287 g/mol. The third-order valence-corrected chi connectivity index (χ3v) is 4.31. The molecular formula is C17H21NO3. The van der Waals surface area contributed by atoms with Gasteiger partial charge in [-0.15, -0.1) is 0 Å². The fourth-order valence-corrected chi connectivity index (χ4v) is 3.11. The molecule has 21 heavy (non-hydrogen) atoms. The Morgan fingerprint density at radius 1 is 1.29 bits per heavy atom. The quantitative estimate of drug-likeness (QED) is 0.919. The van der Waals surface area contributed by atoms with E-state index in [-0.39, 0.29) is 6.42 Å². The maximum absolute atomic E-state index is 10.8. The fourth-order valence-electron chi connectivity index (χ4n) is 3.11. The van der Waals surface area contributed by atoms with E-state index in [2.05, 4.69) is 22.9 Å². The van der Waals surface area contributed by atoms with Crippen LogP contribution in [0.4, 0.5) is 0 Å². The summed E-state index contributed by atoms with van der Waals surface area (Å²) < 4.78 is 7.72. The van der Waals surface area contributed by atoms with E-state index in [1.807, 2.05) is 12.1 Å². The van der Waals surface area contributed by atoms with Crippen LogP contribution in [-0.4, -0.2) is 28.9 Å². The molecule has 0 saturated carbocycles. The highest BCUT2D eigenvalue weighted by atomic mass is 16.5. The second-order valence-corrected chi connectivity index (χ2v) is 5.77. The van der Waals surface area contributed by atoms with Crippen molar-refractivity contribution in [3.8, 4) is 0 Å². The summed E-state index contributed by atoms with van der Waals surface area (Å²) in [6.45, 7) is 2.76. The number of nitrogens with zero attached hydrogens (tertiary/aromatic N) is 1. The number of hydrogen-bond donors (Lipinski definition) is 1. The summed E-state index contributed by atoms with van der Waals surface area (Å²) in [5, 5.41) is 10.0. The molecule has 1 saturated heterocycles. The SMILES string of the molecule is O=C(O)CCc1cccc2c1ccn2CC1CCOCC1. The first kappa shape index (κ1) is 14.1. The smallest absolute Gasteiger partial charge is 0.303 e. The van der Waals surface area contributed by atoms with E-state index in [0.717, 1.165) is 38.2 Å². The predicted molar refractivity (Wildman–Crippen MR) is 81.4 cm³/mol. The van der Waals surface area contributed by atoms with Gasteiger partial charge in [0.2, 0.25) is 0 Å². The molecule has 0 bridgehead atoms. The van der Waals surface area contributed by atoms with Crippen LogP contribution in [0.25, 0.3) is 10.9 Å². The highest BCUT2D eigenvalue weighted by molar-refractivity contribution is 5.84. The Bertz CT molecular complexity index is 626. The Kier molecular flexibility index (Phi) is 4.25. The number of fused-ring (bicyclic) bond motifs is 1. The van der Waals surface area contributed by atoms with Crippen LogP contribution in [0.1, 0.15) is 24.8 Å². The number of carboxylic acid groups (broad SMARTS) is 1. The number of aryl methyl sites for hydroxylation is 1. The van der Waals surface area contributed by atoms with Crippen molar-refractivity contribution in [2.24, 2.45) is 5.92 Å². The molecule has 1 fully saturated rings. The van der Waals surface area contributed by atoms with Gasteiger partial charge in [0.05, 0.1) is 0 Å². The molecule has 1 aromatic carbocycles. The lowest BCUT2D eigenvalue weighted by atomic mass is 10.0. The zero-order chi connectivity index (χ0) is 14.7. The molecule has 1 aliphatic heterocycles. The van der Waals surface area contributed by atoms with E-state index in [1.165, 1.54) is 10.9 Å². The molecule has 0 atom stereocenters. The molecule has 0 amide bonds. The van der Waals surface area contributed by atoms with Crippen LogP contribution < -0.4 is 0 Å². The lowest BCUT2D eigenvalue weighted by Crippen LogP contribution is -2.20. The van der Waals surface area contributed by atoms with Crippen LogP contribution in [0.15, 0.2) is 30.5 Å². The zero-order valence-corrected chi connectivity index (χ0v) is 12.1. The number of ether oxygens (including phenoxy) is 1. The third kappa shape index (κ3) is 3.27. The van der Waals surface area contributed by atoms with Gasteiger partial charge in [0.1, 0.15) is 0 Å². The van der Waals surface area contributed by atoms with Crippen LogP contribution in [0.2, 0.25) is 0 Å². The first-order valence-corrected chi connectivity index (χ1v) is 7.60. The summed E-state index contributed by atoms with van der Waals surface area (Å²) in [6, 6.07) is 8.30. The molecule has 4 nitrogen and oxygen atoms in total. The largest absolute Gasteiger partial charge is 0.481 e. The number of carboxylic acids is 1. The van der Waals surface area contributed by atoms with Gasteiger partial charge in [0, 0.05) is 43.3 Å². The van der Waals surface area contributed by atoms with Gasteiger partial charge in [0.25, 0.3) is 0 Å². The first-order chi connectivity index (χ1) is 10.2. The van der Waals surface area contributed by atoms with Crippen molar-refractivity contribution in [3.05, 3.63) is 36.0 Å². The molecule has 3 rings (SSSR count). The van der Waals surface area contributed by atoms with Crippen molar-refractivity contribution in [1.29, 1.82) is 0 Å². The van der Waals surface area contributed by atoms with Crippen LogP contribution >= 0.6 is 0 Å². The van der Waals surface area contributed by atoms with E-state index < -0.39 is 5.97 Å². The first-order valence-electron chi connectivity index (χ1n) is 7.60. The standard InChI is InChI=1S/C17H21NO3/c19-17(20)5-4-14-2-1-3-16-15(14)6-9-18(16)12-13-7-10-21-11-8-13/h1-3,6,9,13H,4-5,7-8,10-12H2,(H,19,20). The number of rotatable bonds is 5. The second kappa shape index (κ2) is 6.31. The number of benzene rings is 1. The number of aromatic nitrogens is 1. The van der Waals surface area contributed by atoms with Gasteiger partial charge >= 0.3 is 5.97 Å². The van der Waals surface area contributed by atoms with E-state index in [4.69, 9.17) is 9.84 Å². The number of hydrogen-bond acceptors (Lipinski definition) is 2. The minimum atomic E-state index is -0.742. The van der Waals surface area contributed by atoms with Crippen molar-refractivity contribution in [1.82, 2.24) is 4.57 Å². The van der Waals surface area contributed by atoms with E-state index in [0.29, 0.717) is 12.3 Å². The van der Waals surface area contributed by atoms with Crippen molar-refractivity contribution >= 4 is 16.9 Å². The van der Waals surface area contributed by atoms with Crippen LogP contribution in [-0.2, 0) is 22.5 Å². The highest BCUT2D eigenvalue weighted by Crippen LogP contribution is 2.24. The molecule has 2 heterocycles. The maximum Gasteiger partial charge on any atom is 0.303 e. The van der Waals surface area contributed by atoms with Crippen molar-refractivity contribution in [2.45, 2.75) is 32.2 Å². The molecule has 1 aromatic heterocycles. The molecule has 0 spiro atoms. The van der Waals surface area contributed by atoms with E-state index >= 15 is 0 Å². The number of aliphatic carboxylic acids is 1. The van der Waals surface area contributed by atoms with Gasteiger partial charge in [-0.1, -0.05) is 12.1 Å². The Labute approximate surface area is 124 Å². The summed E-state index contributed by atoms with van der Waals surface area (Å²) >= 11 is 0. The molecule has 0 radical (unpaired) electrons. The Balaban J connectivity index is 1.80. The van der Waals surface area contributed by atoms with Gasteiger partial charge in [-0.25, -0.2) is 0 Å². The highest BCUT2D eigenvalue weighted by Gasteiger charge is 2.15. The van der Waals surface area contributed by atoms with Crippen molar-refractivity contribution in [3.63, 3.8) is 0 Å². The summed E-state index contributed by atoms with van der Waals surface area (Å²) in [5.41, 5.74) is 2.34. The fraction of sp³-hybridized carbons (Fsp3) is 0.471. The van der Waals surface area contributed by atoms with Crippen LogP contribution in [0, 0.1) is 5.92 Å². The van der Waals surface area contributed by atoms with Gasteiger partial charge < -0.3 is 14.4 Å². The Morgan fingerprint density at radius 2 is 2.10 bits per heavy atom. The molecular weight excluding hydrogens is 266 g/mol. The minimum Gasteiger partial charge on any atom is -0.481 e. The monoisotopic (exact) mass is 287 g/mol. The summed E-state index contributed by atoms with van der Waals surface area (Å²) in [6.07, 6.45) is 5.15. The molecule has 0 unspecified atom stereocenters. The maximum atomic E-state index is 10.8. The van der Waals surface area contributed by atoms with Gasteiger partial charge in [0.15, 0.2) is 0 Å². The molecule has 2 aromatic rings. The molecule has 1 aliphatic rings. The van der Waals surface area contributed by atoms with Crippen molar-refractivity contribution in [2.75, 3.05) is 13.2 Å². The lowest BCUT2D eigenvalue weighted by molar-refractivity contribution is -0.136. The summed E-state index contributed by atoms with van der Waals surface area (Å²) in [7, 11) is 0. The van der Waals surface area contributed by atoms with E-state index in [1.54, 1.807) is 0 Å². The third-order valence-electron chi connectivity index (χ3n) is 4.31. The topological polar surface area (TPSA) is 51.5 Å². The van der Waals surface area contributed by atoms with Crippen LogP contribution in [0.5, 0.6) is 0 Å². The minimum absolute atomic E-state index is 0.185. The van der Waals surface area contributed by atoms with Gasteiger partial charge in [-0.05, 0) is 42.9 Å². The van der Waals surface area contributed by atoms with E-state index in [9.17, 15) is 4.79 Å². The predicted octanol–water partition coefficient (Wildman–Crippen LogP) is 3.09. The Hall–Kier alpha value is -1.81. The second-order valence-electron chi connectivity index (χ2n) is 5.77. The summed E-state index contributed by atoms with van der Waals surface area (Å²) in [5.74, 6) is -0.0642. The lowest BCUT2D eigenvalue weighted by Gasteiger charge is -2.22. The average Bonchev–Trinajstić information content (AvgIpc) is 2.90. The van der Waals surface area contributed by atoms with Crippen LogP contribution in [0.3, 0.4) is 0 Å². The zero-order valence-electron chi connectivity index (χ0n) is 12.1. The van der Waals surface area contributed by atoms with Crippen molar-refractivity contribution < 1.29 is 14.6 Å². The van der Waals surface area contributed by atoms with Gasteiger partial charge in [-0.3, -0.25) is 4.79 Å². The number of carbonyl (C=O) groups is 1. The molecule has 0 aliphatic carbocycles. The molecule has 112 valence electrons.